The van der Waals surface area contributed by atoms with Crippen LogP contribution in [0.25, 0.3) is 0 Å². The number of amides is 2. The van der Waals surface area contributed by atoms with Gasteiger partial charge in [-0.15, -0.1) is 0 Å². The van der Waals surface area contributed by atoms with E-state index in [2.05, 4.69) is 10.6 Å². The topological polar surface area (TPSA) is 58.2 Å². The molecular formula is C11H11FN2O2. The van der Waals surface area contributed by atoms with Gasteiger partial charge in [-0.1, -0.05) is 6.07 Å². The molecule has 84 valence electrons. The van der Waals surface area contributed by atoms with Crippen LogP contribution in [0.15, 0.2) is 18.2 Å². The lowest BCUT2D eigenvalue weighted by Gasteiger charge is -2.13. The summed E-state index contributed by atoms with van der Waals surface area (Å²) in [4.78, 5) is 22.3. The first-order valence-corrected chi connectivity index (χ1v) is 4.92. The van der Waals surface area contributed by atoms with Gasteiger partial charge in [0.05, 0.1) is 6.42 Å². The van der Waals surface area contributed by atoms with Crippen molar-refractivity contribution in [1.82, 2.24) is 5.32 Å². The van der Waals surface area contributed by atoms with Crippen LogP contribution in [0.3, 0.4) is 0 Å². The normalized spacial score (nSPS) is 19.8. The summed E-state index contributed by atoms with van der Waals surface area (Å²) in [5, 5.41) is 5.04. The second-order valence-corrected chi connectivity index (χ2v) is 3.77. The highest BCUT2D eigenvalue weighted by molar-refractivity contribution is 6.06. The molecule has 2 rings (SSSR count). The molecule has 1 aromatic carbocycles. The van der Waals surface area contributed by atoms with Crippen LogP contribution in [-0.4, -0.2) is 17.9 Å². The zero-order chi connectivity index (χ0) is 11.7. The molecule has 1 heterocycles. The van der Waals surface area contributed by atoms with Crippen LogP contribution in [0.4, 0.5) is 10.1 Å². The molecule has 0 aromatic heterocycles. The van der Waals surface area contributed by atoms with Crippen molar-refractivity contribution >= 4 is 17.5 Å². The first-order valence-electron chi connectivity index (χ1n) is 4.92. The van der Waals surface area contributed by atoms with E-state index in [1.54, 1.807) is 13.0 Å². The second kappa shape index (κ2) is 3.92. The van der Waals surface area contributed by atoms with Crippen LogP contribution < -0.4 is 10.6 Å². The molecule has 5 heteroatoms. The van der Waals surface area contributed by atoms with Gasteiger partial charge in [0, 0.05) is 5.69 Å². The van der Waals surface area contributed by atoms with Gasteiger partial charge in [-0.3, -0.25) is 14.9 Å². The van der Waals surface area contributed by atoms with Crippen LogP contribution in [0.1, 0.15) is 12.0 Å². The van der Waals surface area contributed by atoms with E-state index in [0.717, 1.165) is 5.56 Å². The molecule has 0 spiro atoms. The number of imide groups is 1. The Kier molecular flexibility index (Phi) is 2.60. The van der Waals surface area contributed by atoms with Gasteiger partial charge >= 0.3 is 0 Å². The third-order valence-electron chi connectivity index (χ3n) is 2.50. The Morgan fingerprint density at radius 2 is 2.19 bits per heavy atom. The summed E-state index contributed by atoms with van der Waals surface area (Å²) in [5.74, 6) is -1.05. The third-order valence-corrected chi connectivity index (χ3v) is 2.50. The number of aryl methyl sites for hydroxylation is 1. The van der Waals surface area contributed by atoms with Crippen molar-refractivity contribution < 1.29 is 14.0 Å². The highest BCUT2D eigenvalue weighted by atomic mass is 19.1. The summed E-state index contributed by atoms with van der Waals surface area (Å²) < 4.78 is 13.0. The molecule has 1 aliphatic rings. The average molecular weight is 222 g/mol. The SMILES string of the molecule is Cc1ccc(F)cc1NC1CC(=O)NC1=O. The van der Waals surface area contributed by atoms with Gasteiger partial charge in [-0.05, 0) is 24.6 Å². The Morgan fingerprint density at radius 3 is 2.81 bits per heavy atom. The molecule has 1 fully saturated rings. The molecule has 1 saturated heterocycles. The zero-order valence-corrected chi connectivity index (χ0v) is 8.71. The van der Waals surface area contributed by atoms with Gasteiger partial charge < -0.3 is 5.32 Å². The molecular weight excluding hydrogens is 211 g/mol. The maximum atomic E-state index is 13.0. The van der Waals surface area contributed by atoms with E-state index in [1.165, 1.54) is 12.1 Å². The summed E-state index contributed by atoms with van der Waals surface area (Å²) in [6.45, 7) is 1.80. The van der Waals surface area contributed by atoms with Gasteiger partial charge in [0.2, 0.25) is 11.8 Å². The molecule has 1 aromatic rings. The highest BCUT2D eigenvalue weighted by Crippen LogP contribution is 2.19. The summed E-state index contributed by atoms with van der Waals surface area (Å²) in [6.07, 6.45) is 0.0921. The first-order chi connectivity index (χ1) is 7.56. The Hall–Kier alpha value is -1.91. The Balaban J connectivity index is 2.18. The lowest BCUT2D eigenvalue weighted by atomic mass is 10.1. The number of halogens is 1. The Labute approximate surface area is 91.8 Å². The molecule has 0 saturated carbocycles. The molecule has 1 unspecified atom stereocenters. The molecule has 4 nitrogen and oxygen atoms in total. The van der Waals surface area contributed by atoms with Crippen LogP contribution in [-0.2, 0) is 9.59 Å². The number of nitrogens with one attached hydrogen (secondary N) is 2. The third kappa shape index (κ3) is 2.03. The fourth-order valence-corrected chi connectivity index (χ4v) is 1.61. The van der Waals surface area contributed by atoms with Gasteiger partial charge in [0.1, 0.15) is 11.9 Å². The second-order valence-electron chi connectivity index (χ2n) is 3.77. The van der Waals surface area contributed by atoms with Gasteiger partial charge in [0.25, 0.3) is 0 Å². The summed E-state index contributed by atoms with van der Waals surface area (Å²) >= 11 is 0. The van der Waals surface area contributed by atoms with E-state index in [4.69, 9.17) is 0 Å². The molecule has 1 aliphatic heterocycles. The lowest BCUT2D eigenvalue weighted by Crippen LogP contribution is -2.30. The zero-order valence-electron chi connectivity index (χ0n) is 8.71. The minimum absolute atomic E-state index is 0.0921. The number of hydrogen-bond donors (Lipinski definition) is 2. The standard InChI is InChI=1S/C11H11FN2O2/c1-6-2-3-7(12)4-8(6)13-9-5-10(15)14-11(9)16/h2-4,9,13H,5H2,1H3,(H,14,15,16). The van der Waals surface area contributed by atoms with Crippen LogP contribution in [0.5, 0.6) is 0 Å². The number of hydrogen-bond acceptors (Lipinski definition) is 3. The van der Waals surface area contributed by atoms with E-state index in [0.29, 0.717) is 5.69 Å². The minimum Gasteiger partial charge on any atom is -0.373 e. The Morgan fingerprint density at radius 1 is 1.44 bits per heavy atom. The van der Waals surface area contributed by atoms with Crippen LogP contribution in [0, 0.1) is 12.7 Å². The molecule has 1 atom stereocenters. The fourth-order valence-electron chi connectivity index (χ4n) is 1.61. The van der Waals surface area contributed by atoms with Crippen LogP contribution in [0.2, 0.25) is 0 Å². The van der Waals surface area contributed by atoms with E-state index >= 15 is 0 Å². The molecule has 16 heavy (non-hydrogen) atoms. The predicted molar refractivity (Wildman–Crippen MR) is 56.3 cm³/mol. The van der Waals surface area contributed by atoms with E-state index in [1.807, 2.05) is 0 Å². The number of rotatable bonds is 2. The Bertz CT molecular complexity index is 459. The maximum absolute atomic E-state index is 13.0. The van der Waals surface area contributed by atoms with Gasteiger partial charge in [0.15, 0.2) is 0 Å². The minimum atomic E-state index is -0.604. The summed E-state index contributed by atoms with van der Waals surface area (Å²) in [7, 11) is 0. The largest absolute Gasteiger partial charge is 0.373 e. The van der Waals surface area contributed by atoms with Crippen molar-refractivity contribution in [1.29, 1.82) is 0 Å². The molecule has 0 bridgehead atoms. The van der Waals surface area contributed by atoms with E-state index in [9.17, 15) is 14.0 Å². The predicted octanol–water partition coefficient (Wildman–Crippen LogP) is 0.961. The van der Waals surface area contributed by atoms with Crippen molar-refractivity contribution in [3.05, 3.63) is 29.6 Å². The molecule has 0 radical (unpaired) electrons. The van der Waals surface area contributed by atoms with Crippen molar-refractivity contribution in [3.63, 3.8) is 0 Å². The molecule has 0 aliphatic carbocycles. The van der Waals surface area contributed by atoms with Crippen molar-refractivity contribution in [3.8, 4) is 0 Å². The fraction of sp³-hybridized carbons (Fsp3) is 0.273. The van der Waals surface area contributed by atoms with Crippen molar-refractivity contribution in [2.75, 3.05) is 5.32 Å². The average Bonchev–Trinajstić information content (AvgIpc) is 2.51. The number of carbonyl (C=O) groups is 2. The van der Waals surface area contributed by atoms with E-state index in [-0.39, 0.29) is 24.1 Å². The monoisotopic (exact) mass is 222 g/mol. The van der Waals surface area contributed by atoms with Gasteiger partial charge in [-0.2, -0.15) is 0 Å². The maximum Gasteiger partial charge on any atom is 0.249 e. The molecule has 2 N–H and O–H groups in total. The van der Waals surface area contributed by atoms with Gasteiger partial charge in [-0.25, -0.2) is 4.39 Å². The summed E-state index contributed by atoms with van der Waals surface area (Å²) in [6, 6.07) is 3.67. The van der Waals surface area contributed by atoms with Crippen LogP contribution >= 0.6 is 0 Å². The van der Waals surface area contributed by atoms with Crippen molar-refractivity contribution in [2.24, 2.45) is 0 Å². The summed E-state index contributed by atoms with van der Waals surface area (Å²) in [5.41, 5.74) is 1.36. The number of benzene rings is 1. The molecule has 2 amide bonds. The number of carbonyl (C=O) groups excluding carboxylic acids is 2. The first kappa shape index (κ1) is 10.6. The van der Waals surface area contributed by atoms with Crippen molar-refractivity contribution in [2.45, 2.75) is 19.4 Å². The van der Waals surface area contributed by atoms with E-state index < -0.39 is 6.04 Å². The number of anilines is 1. The lowest BCUT2D eigenvalue weighted by molar-refractivity contribution is -0.124. The highest BCUT2D eigenvalue weighted by Gasteiger charge is 2.30. The smallest absolute Gasteiger partial charge is 0.249 e. The quantitative estimate of drug-likeness (QED) is 0.733.